The molecule has 4 heteroatoms. The van der Waals surface area contributed by atoms with Gasteiger partial charge in [-0.2, -0.15) is 0 Å². The van der Waals surface area contributed by atoms with Gasteiger partial charge in [0.25, 0.3) is 5.91 Å². The third kappa shape index (κ3) is 3.97. The highest BCUT2D eigenvalue weighted by Gasteiger charge is 2.33. The number of carbonyl (C=O) groups excluding carboxylic acids is 1. The van der Waals surface area contributed by atoms with Crippen molar-refractivity contribution in [3.8, 4) is 0 Å². The van der Waals surface area contributed by atoms with Gasteiger partial charge in [-0.1, -0.05) is 41.9 Å². The van der Waals surface area contributed by atoms with E-state index in [1.165, 1.54) is 5.56 Å². The van der Waals surface area contributed by atoms with Crippen LogP contribution in [0.3, 0.4) is 0 Å². The van der Waals surface area contributed by atoms with Crippen molar-refractivity contribution in [3.05, 3.63) is 70.7 Å². The monoisotopic (exact) mass is 343 g/mol. The van der Waals surface area contributed by atoms with Crippen LogP contribution in [0.5, 0.6) is 0 Å². The van der Waals surface area contributed by atoms with E-state index in [9.17, 15) is 4.79 Å². The molecule has 3 nitrogen and oxygen atoms in total. The number of ether oxygens (including phenoxy) is 1. The van der Waals surface area contributed by atoms with E-state index < -0.39 is 0 Å². The van der Waals surface area contributed by atoms with Gasteiger partial charge in [0.15, 0.2) is 0 Å². The van der Waals surface area contributed by atoms with Crippen molar-refractivity contribution in [2.45, 2.75) is 24.7 Å². The summed E-state index contributed by atoms with van der Waals surface area (Å²) in [5.41, 5.74) is 1.83. The molecule has 2 aromatic carbocycles. The molecule has 0 unspecified atom stereocenters. The van der Waals surface area contributed by atoms with Crippen LogP contribution in [-0.4, -0.2) is 25.7 Å². The molecule has 1 amide bonds. The first-order valence-corrected chi connectivity index (χ1v) is 8.74. The molecule has 1 heterocycles. The summed E-state index contributed by atoms with van der Waals surface area (Å²) in [6.07, 6.45) is 2.93. The van der Waals surface area contributed by atoms with Gasteiger partial charge in [-0.3, -0.25) is 4.79 Å². The summed E-state index contributed by atoms with van der Waals surface area (Å²) in [5, 5.41) is 3.75. The highest BCUT2D eigenvalue weighted by Crippen LogP contribution is 2.34. The van der Waals surface area contributed by atoms with Gasteiger partial charge >= 0.3 is 0 Å². The van der Waals surface area contributed by atoms with Gasteiger partial charge in [0.05, 0.1) is 0 Å². The Kier molecular flexibility index (Phi) is 5.54. The van der Waals surface area contributed by atoms with Gasteiger partial charge < -0.3 is 10.1 Å². The van der Waals surface area contributed by atoms with Crippen LogP contribution in [0.1, 0.15) is 35.2 Å². The number of benzene rings is 2. The first-order chi connectivity index (χ1) is 11.7. The van der Waals surface area contributed by atoms with Crippen LogP contribution in [0, 0.1) is 0 Å². The zero-order valence-corrected chi connectivity index (χ0v) is 14.4. The lowest BCUT2D eigenvalue weighted by molar-refractivity contribution is 0.0937. The minimum absolute atomic E-state index is 0.0628. The molecule has 2 aromatic rings. The fraction of sp³-hybridized carbons (Fsp3) is 0.350. The number of hydrogen-bond acceptors (Lipinski definition) is 2. The molecule has 0 aromatic heterocycles. The number of hydrogen-bond donors (Lipinski definition) is 1. The summed E-state index contributed by atoms with van der Waals surface area (Å²) in [6, 6.07) is 17.4. The molecule has 0 spiro atoms. The van der Waals surface area contributed by atoms with Gasteiger partial charge in [-0.15, -0.1) is 0 Å². The lowest BCUT2D eigenvalue weighted by atomic mass is 9.74. The van der Waals surface area contributed by atoms with Crippen molar-refractivity contribution in [3.63, 3.8) is 0 Å². The minimum Gasteiger partial charge on any atom is -0.381 e. The third-order valence-corrected chi connectivity index (χ3v) is 5.00. The predicted molar refractivity (Wildman–Crippen MR) is 96.6 cm³/mol. The number of carbonyl (C=O) groups is 1. The Bertz CT molecular complexity index is 662. The summed E-state index contributed by atoms with van der Waals surface area (Å²) >= 11 is 5.89. The molecule has 0 radical (unpaired) electrons. The molecule has 24 heavy (non-hydrogen) atoms. The second-order valence-corrected chi connectivity index (χ2v) is 6.74. The molecule has 1 fully saturated rings. The van der Waals surface area contributed by atoms with Crippen molar-refractivity contribution < 1.29 is 9.53 Å². The molecule has 1 aliphatic heterocycles. The number of nitrogens with one attached hydrogen (secondary N) is 1. The molecule has 1 N–H and O–H groups in total. The van der Waals surface area contributed by atoms with E-state index in [4.69, 9.17) is 16.3 Å². The summed E-state index contributed by atoms with van der Waals surface area (Å²) in [5.74, 6) is -0.0628. The fourth-order valence-electron chi connectivity index (χ4n) is 3.32. The molecule has 0 bridgehead atoms. The Balaban J connectivity index is 1.77. The first kappa shape index (κ1) is 17.0. The van der Waals surface area contributed by atoms with E-state index >= 15 is 0 Å². The normalized spacial score (nSPS) is 21.0. The zero-order valence-electron chi connectivity index (χ0n) is 13.6. The molecular weight excluding hydrogens is 322 g/mol. The second kappa shape index (κ2) is 7.82. The van der Waals surface area contributed by atoms with Crippen LogP contribution in [0.25, 0.3) is 0 Å². The second-order valence-electron chi connectivity index (χ2n) is 6.30. The molecular formula is C20H22ClNO2. The van der Waals surface area contributed by atoms with Crippen molar-refractivity contribution in [2.24, 2.45) is 0 Å². The van der Waals surface area contributed by atoms with Crippen LogP contribution >= 0.6 is 11.6 Å². The smallest absolute Gasteiger partial charge is 0.251 e. The van der Waals surface area contributed by atoms with Crippen molar-refractivity contribution >= 4 is 17.5 Å². The molecule has 0 saturated carbocycles. The van der Waals surface area contributed by atoms with Gasteiger partial charge in [-0.25, -0.2) is 0 Å². The van der Waals surface area contributed by atoms with E-state index in [0.29, 0.717) is 17.1 Å². The van der Waals surface area contributed by atoms with E-state index in [-0.39, 0.29) is 11.3 Å². The largest absolute Gasteiger partial charge is 0.381 e. The van der Waals surface area contributed by atoms with E-state index in [0.717, 1.165) is 32.5 Å². The van der Waals surface area contributed by atoms with Gasteiger partial charge in [0.1, 0.15) is 0 Å². The average molecular weight is 344 g/mol. The van der Waals surface area contributed by atoms with Crippen LogP contribution in [0.15, 0.2) is 54.6 Å². The molecule has 3 rings (SSSR count). The number of rotatable bonds is 4. The highest BCUT2D eigenvalue weighted by molar-refractivity contribution is 6.30. The van der Waals surface area contributed by atoms with Crippen LogP contribution in [-0.2, 0) is 10.2 Å². The maximum absolute atomic E-state index is 12.5. The van der Waals surface area contributed by atoms with Crippen LogP contribution in [0.4, 0.5) is 0 Å². The Morgan fingerprint density at radius 1 is 1.04 bits per heavy atom. The maximum atomic E-state index is 12.5. The lowest BCUT2D eigenvalue weighted by Crippen LogP contribution is -2.41. The highest BCUT2D eigenvalue weighted by atomic mass is 35.5. The molecule has 126 valence electrons. The van der Waals surface area contributed by atoms with Crippen molar-refractivity contribution in [1.29, 1.82) is 0 Å². The molecule has 1 atom stereocenters. The van der Waals surface area contributed by atoms with Gasteiger partial charge in [0, 0.05) is 35.8 Å². The van der Waals surface area contributed by atoms with Crippen molar-refractivity contribution in [1.82, 2.24) is 5.32 Å². The van der Waals surface area contributed by atoms with E-state index in [2.05, 4.69) is 29.6 Å². The Labute approximate surface area is 148 Å². The first-order valence-electron chi connectivity index (χ1n) is 8.37. The quantitative estimate of drug-likeness (QED) is 0.903. The minimum atomic E-state index is -0.0696. The Morgan fingerprint density at radius 2 is 1.79 bits per heavy atom. The van der Waals surface area contributed by atoms with Crippen LogP contribution in [0.2, 0.25) is 5.02 Å². The molecule has 0 aliphatic carbocycles. The number of amides is 1. The summed E-state index contributed by atoms with van der Waals surface area (Å²) in [4.78, 5) is 12.5. The van der Waals surface area contributed by atoms with Crippen LogP contribution < -0.4 is 5.32 Å². The zero-order chi connectivity index (χ0) is 16.8. The van der Waals surface area contributed by atoms with Gasteiger partial charge in [0.2, 0.25) is 0 Å². The predicted octanol–water partition coefficient (Wildman–Crippen LogP) is 4.21. The topological polar surface area (TPSA) is 38.3 Å². The van der Waals surface area contributed by atoms with Gasteiger partial charge in [-0.05, 0) is 49.1 Å². The summed E-state index contributed by atoms with van der Waals surface area (Å²) < 4.78 is 5.65. The Hall–Kier alpha value is -1.84. The Morgan fingerprint density at radius 3 is 2.54 bits per heavy atom. The van der Waals surface area contributed by atoms with E-state index in [1.807, 2.05) is 6.07 Å². The average Bonchev–Trinajstić information content (AvgIpc) is 2.88. The van der Waals surface area contributed by atoms with Crippen molar-refractivity contribution in [2.75, 3.05) is 19.8 Å². The molecule has 1 saturated heterocycles. The SMILES string of the molecule is O=C(NC[C@]1(c2ccccc2)CCCOCC1)c1ccc(Cl)cc1. The summed E-state index contributed by atoms with van der Waals surface area (Å²) in [7, 11) is 0. The number of halogens is 1. The fourth-order valence-corrected chi connectivity index (χ4v) is 3.45. The summed E-state index contributed by atoms with van der Waals surface area (Å²) in [6.45, 7) is 2.13. The molecule has 1 aliphatic rings. The standard InChI is InChI=1S/C20H22ClNO2/c21-18-9-7-16(8-10-18)19(23)22-15-20(11-4-13-24-14-12-20)17-5-2-1-3-6-17/h1-3,5-10H,4,11-15H2,(H,22,23)/t20-/m0/s1. The van der Waals surface area contributed by atoms with E-state index in [1.54, 1.807) is 24.3 Å². The lowest BCUT2D eigenvalue weighted by Gasteiger charge is -2.33. The third-order valence-electron chi connectivity index (χ3n) is 4.75. The maximum Gasteiger partial charge on any atom is 0.251 e.